The highest BCUT2D eigenvalue weighted by Gasteiger charge is 2.00. The molecular weight excluding hydrogens is 238 g/mol. The molecule has 0 fully saturated rings. The number of hydrogen-bond donors (Lipinski definition) is 1. The van der Waals surface area contributed by atoms with Gasteiger partial charge in [-0.2, -0.15) is 0 Å². The number of nitrogens with zero attached hydrogens (tertiary/aromatic N) is 2. The Balaban J connectivity index is 1.86. The first-order valence-electron chi connectivity index (χ1n) is 6.58. The maximum absolute atomic E-state index is 11.4. The van der Waals surface area contributed by atoms with Gasteiger partial charge in [-0.3, -0.25) is 4.79 Å². The van der Waals surface area contributed by atoms with Gasteiger partial charge in [0.2, 0.25) is 5.91 Å². The van der Waals surface area contributed by atoms with E-state index in [0.29, 0.717) is 13.0 Å². The third kappa shape index (κ3) is 4.25. The summed E-state index contributed by atoms with van der Waals surface area (Å²) in [4.78, 5) is 15.4. The second-order valence-corrected chi connectivity index (χ2v) is 4.58. The quantitative estimate of drug-likeness (QED) is 0.863. The molecule has 1 amide bonds. The normalized spacial score (nSPS) is 10.4. The van der Waals surface area contributed by atoms with Crippen molar-refractivity contribution in [1.82, 2.24) is 14.9 Å². The molecule has 19 heavy (non-hydrogen) atoms. The van der Waals surface area contributed by atoms with Crippen molar-refractivity contribution in [2.24, 2.45) is 0 Å². The zero-order valence-electron chi connectivity index (χ0n) is 11.2. The van der Waals surface area contributed by atoms with E-state index >= 15 is 0 Å². The van der Waals surface area contributed by atoms with Gasteiger partial charge in [0.05, 0.1) is 6.33 Å². The fraction of sp³-hybridized carbons (Fsp3) is 0.333. The van der Waals surface area contributed by atoms with Gasteiger partial charge in [0.25, 0.3) is 0 Å². The lowest BCUT2D eigenvalue weighted by Crippen LogP contribution is -2.22. The Bertz CT molecular complexity index is 503. The van der Waals surface area contributed by atoms with Crippen molar-refractivity contribution < 1.29 is 4.79 Å². The van der Waals surface area contributed by atoms with Crippen LogP contribution in [0, 0.1) is 0 Å². The van der Waals surface area contributed by atoms with Crippen LogP contribution >= 0.6 is 0 Å². The number of carbonyl (C=O) groups is 1. The van der Waals surface area contributed by atoms with Gasteiger partial charge in [0.1, 0.15) is 0 Å². The molecule has 0 saturated heterocycles. The van der Waals surface area contributed by atoms with Gasteiger partial charge in [0.15, 0.2) is 0 Å². The Kier molecular flexibility index (Phi) is 4.72. The van der Waals surface area contributed by atoms with Crippen LogP contribution in [0.25, 0.3) is 0 Å². The molecule has 0 atom stereocenters. The van der Waals surface area contributed by atoms with Gasteiger partial charge in [-0.1, -0.05) is 31.2 Å². The highest BCUT2D eigenvalue weighted by atomic mass is 16.1. The van der Waals surface area contributed by atoms with Crippen LogP contribution in [0.15, 0.2) is 43.0 Å². The third-order valence-electron chi connectivity index (χ3n) is 2.91. The fourth-order valence-corrected chi connectivity index (χ4v) is 1.87. The molecule has 2 aromatic rings. The van der Waals surface area contributed by atoms with Crippen molar-refractivity contribution in [3.8, 4) is 0 Å². The molecule has 100 valence electrons. The van der Waals surface area contributed by atoms with E-state index in [1.165, 1.54) is 5.56 Å². The zero-order valence-corrected chi connectivity index (χ0v) is 11.2. The molecule has 0 aliphatic rings. The number of carbonyl (C=O) groups excluding carboxylic acids is 1. The molecule has 4 nitrogen and oxygen atoms in total. The predicted octanol–water partition coefficient (Wildman–Crippen LogP) is 2.35. The largest absolute Gasteiger partial charge is 0.352 e. The molecule has 0 bridgehead atoms. The topological polar surface area (TPSA) is 46.9 Å². The number of aromatic nitrogens is 2. The summed E-state index contributed by atoms with van der Waals surface area (Å²) in [6.45, 7) is 3.43. The van der Waals surface area contributed by atoms with Crippen molar-refractivity contribution in [1.29, 1.82) is 0 Å². The molecule has 0 saturated carbocycles. The van der Waals surface area contributed by atoms with E-state index in [1.54, 1.807) is 12.5 Å². The molecule has 1 N–H and O–H groups in total. The molecule has 1 aromatic heterocycles. The molecule has 4 heteroatoms. The summed E-state index contributed by atoms with van der Waals surface area (Å²) in [6.07, 6.45) is 7.00. The Hall–Kier alpha value is -2.10. The van der Waals surface area contributed by atoms with Crippen LogP contribution in [0.4, 0.5) is 0 Å². The average molecular weight is 257 g/mol. The lowest BCUT2D eigenvalue weighted by atomic mass is 10.1. The highest BCUT2D eigenvalue weighted by molar-refractivity contribution is 5.75. The van der Waals surface area contributed by atoms with Crippen molar-refractivity contribution in [3.05, 3.63) is 54.1 Å². The fourth-order valence-electron chi connectivity index (χ4n) is 1.87. The van der Waals surface area contributed by atoms with Crippen LogP contribution in [0.2, 0.25) is 0 Å². The maximum Gasteiger partial charge on any atom is 0.220 e. The average Bonchev–Trinajstić information content (AvgIpc) is 2.91. The van der Waals surface area contributed by atoms with Crippen LogP contribution < -0.4 is 5.32 Å². The van der Waals surface area contributed by atoms with E-state index in [4.69, 9.17) is 0 Å². The number of amides is 1. The standard InChI is InChI=1S/C15H19N3O/c1-2-3-15(19)17-10-13-4-6-14(7-5-13)11-18-9-8-16-12-18/h4-9,12H,2-3,10-11H2,1H3,(H,17,19). The number of imidazole rings is 1. The molecule has 1 heterocycles. The Labute approximate surface area is 113 Å². The number of benzene rings is 1. The second-order valence-electron chi connectivity index (χ2n) is 4.58. The first-order chi connectivity index (χ1) is 9.28. The van der Waals surface area contributed by atoms with E-state index < -0.39 is 0 Å². The third-order valence-corrected chi connectivity index (χ3v) is 2.91. The van der Waals surface area contributed by atoms with Gasteiger partial charge in [-0.15, -0.1) is 0 Å². The number of nitrogens with one attached hydrogen (secondary N) is 1. The zero-order chi connectivity index (χ0) is 13.5. The highest BCUT2D eigenvalue weighted by Crippen LogP contribution is 2.06. The van der Waals surface area contributed by atoms with Gasteiger partial charge in [-0.05, 0) is 17.5 Å². The second kappa shape index (κ2) is 6.73. The molecular formula is C15H19N3O. The molecule has 0 aliphatic carbocycles. The summed E-state index contributed by atoms with van der Waals surface area (Å²) >= 11 is 0. The Morgan fingerprint density at radius 2 is 2.00 bits per heavy atom. The minimum atomic E-state index is 0.116. The van der Waals surface area contributed by atoms with E-state index in [0.717, 1.165) is 18.5 Å². The summed E-state index contributed by atoms with van der Waals surface area (Å²) in [5.41, 5.74) is 2.35. The van der Waals surface area contributed by atoms with Crippen LogP contribution in [0.1, 0.15) is 30.9 Å². The van der Waals surface area contributed by atoms with Crippen molar-refractivity contribution in [2.45, 2.75) is 32.9 Å². The molecule has 0 radical (unpaired) electrons. The van der Waals surface area contributed by atoms with Crippen LogP contribution in [-0.2, 0) is 17.9 Å². The lowest BCUT2D eigenvalue weighted by Gasteiger charge is -2.06. The van der Waals surface area contributed by atoms with Crippen molar-refractivity contribution >= 4 is 5.91 Å². The lowest BCUT2D eigenvalue weighted by molar-refractivity contribution is -0.121. The van der Waals surface area contributed by atoms with E-state index in [2.05, 4.69) is 34.6 Å². The number of rotatable bonds is 6. The molecule has 0 aliphatic heterocycles. The van der Waals surface area contributed by atoms with Crippen LogP contribution in [0.5, 0.6) is 0 Å². The maximum atomic E-state index is 11.4. The van der Waals surface area contributed by atoms with Crippen LogP contribution in [-0.4, -0.2) is 15.5 Å². The summed E-state index contributed by atoms with van der Waals surface area (Å²) in [6, 6.07) is 8.28. The first kappa shape index (κ1) is 13.3. The molecule has 0 unspecified atom stereocenters. The summed E-state index contributed by atoms with van der Waals surface area (Å²) in [7, 11) is 0. The Morgan fingerprint density at radius 3 is 2.63 bits per heavy atom. The van der Waals surface area contributed by atoms with E-state index in [1.807, 2.05) is 17.7 Å². The smallest absolute Gasteiger partial charge is 0.220 e. The number of hydrogen-bond acceptors (Lipinski definition) is 2. The van der Waals surface area contributed by atoms with Gasteiger partial charge >= 0.3 is 0 Å². The van der Waals surface area contributed by atoms with Crippen molar-refractivity contribution in [2.75, 3.05) is 0 Å². The Morgan fingerprint density at radius 1 is 1.26 bits per heavy atom. The molecule has 0 spiro atoms. The van der Waals surface area contributed by atoms with Gasteiger partial charge < -0.3 is 9.88 Å². The summed E-state index contributed by atoms with van der Waals surface area (Å²) in [5.74, 6) is 0.116. The van der Waals surface area contributed by atoms with Crippen LogP contribution in [0.3, 0.4) is 0 Å². The minimum absolute atomic E-state index is 0.116. The summed E-state index contributed by atoms with van der Waals surface area (Å²) < 4.78 is 2.03. The SMILES string of the molecule is CCCC(=O)NCc1ccc(Cn2ccnc2)cc1. The van der Waals surface area contributed by atoms with Gasteiger partial charge in [-0.25, -0.2) is 4.98 Å². The monoisotopic (exact) mass is 257 g/mol. The van der Waals surface area contributed by atoms with Crippen molar-refractivity contribution in [3.63, 3.8) is 0 Å². The predicted molar refractivity (Wildman–Crippen MR) is 74.5 cm³/mol. The van der Waals surface area contributed by atoms with Gasteiger partial charge in [0, 0.05) is 31.9 Å². The minimum Gasteiger partial charge on any atom is -0.352 e. The molecule has 1 aromatic carbocycles. The van der Waals surface area contributed by atoms with E-state index in [-0.39, 0.29) is 5.91 Å². The van der Waals surface area contributed by atoms with E-state index in [9.17, 15) is 4.79 Å². The summed E-state index contributed by atoms with van der Waals surface area (Å²) in [5, 5.41) is 2.91. The first-order valence-corrected chi connectivity index (χ1v) is 6.58. The molecule has 2 rings (SSSR count).